The summed E-state index contributed by atoms with van der Waals surface area (Å²) in [6.45, 7) is 2.91. The van der Waals surface area contributed by atoms with E-state index in [1.807, 2.05) is 0 Å². The van der Waals surface area contributed by atoms with Crippen LogP contribution < -0.4 is 0 Å². The van der Waals surface area contributed by atoms with Crippen LogP contribution in [-0.2, 0) is 0 Å². The predicted octanol–water partition coefficient (Wildman–Crippen LogP) is 2.13. The van der Waals surface area contributed by atoms with Crippen molar-refractivity contribution in [2.75, 3.05) is 0 Å². The van der Waals surface area contributed by atoms with Gasteiger partial charge in [0.2, 0.25) is 11.8 Å². The quantitative estimate of drug-likeness (QED) is 0.723. The summed E-state index contributed by atoms with van der Waals surface area (Å²) in [6, 6.07) is 5.30. The van der Waals surface area contributed by atoms with Crippen LogP contribution in [0.2, 0.25) is 0 Å². The Labute approximate surface area is 126 Å². The first kappa shape index (κ1) is 13.9. The van der Waals surface area contributed by atoms with E-state index in [-0.39, 0.29) is 11.8 Å². The van der Waals surface area contributed by atoms with Crippen LogP contribution in [0.3, 0.4) is 0 Å². The average Bonchev–Trinajstić information content (AvgIpc) is 3.16. The van der Waals surface area contributed by atoms with Gasteiger partial charge in [-0.3, -0.25) is 18.7 Å². The molecule has 0 atom stereocenters. The van der Waals surface area contributed by atoms with Crippen molar-refractivity contribution in [2.45, 2.75) is 13.8 Å². The Morgan fingerprint density at radius 1 is 0.864 bits per heavy atom. The molecule has 0 N–H and O–H groups in total. The molecular formula is C15H13N5O2. The molecule has 0 saturated heterocycles. The first-order valence-corrected chi connectivity index (χ1v) is 6.64. The van der Waals surface area contributed by atoms with E-state index in [2.05, 4.69) is 15.0 Å². The van der Waals surface area contributed by atoms with Crippen molar-refractivity contribution in [1.82, 2.24) is 24.1 Å². The van der Waals surface area contributed by atoms with E-state index < -0.39 is 0 Å². The molecule has 0 fully saturated rings. The molecule has 0 unspecified atom stereocenters. The standard InChI is InChI=1S/C15H13N5O2/c1-10(21)19-8-6-16-14(19)12-4-3-5-13(18-12)15-17-7-9-20(15)11(2)22/h3-9H,1-2H3. The lowest BCUT2D eigenvalue weighted by atomic mass is 10.2. The average molecular weight is 295 g/mol. The van der Waals surface area contributed by atoms with E-state index in [1.165, 1.54) is 23.0 Å². The first-order chi connectivity index (χ1) is 10.6. The minimum atomic E-state index is -0.148. The monoisotopic (exact) mass is 295 g/mol. The highest BCUT2D eigenvalue weighted by Crippen LogP contribution is 2.20. The maximum absolute atomic E-state index is 11.6. The number of hydrogen-bond donors (Lipinski definition) is 0. The highest BCUT2D eigenvalue weighted by atomic mass is 16.2. The van der Waals surface area contributed by atoms with Crippen LogP contribution in [0.5, 0.6) is 0 Å². The molecule has 0 aliphatic heterocycles. The first-order valence-electron chi connectivity index (χ1n) is 6.64. The summed E-state index contributed by atoms with van der Waals surface area (Å²) in [6.07, 6.45) is 6.26. The van der Waals surface area contributed by atoms with Crippen LogP contribution in [0.1, 0.15) is 23.4 Å². The van der Waals surface area contributed by atoms with Gasteiger partial charge in [-0.1, -0.05) is 6.07 Å². The lowest BCUT2D eigenvalue weighted by Crippen LogP contribution is -2.09. The van der Waals surface area contributed by atoms with Gasteiger partial charge in [0, 0.05) is 38.6 Å². The molecule has 7 nitrogen and oxygen atoms in total. The SMILES string of the molecule is CC(=O)n1ccnc1-c1cccc(-c2nccn2C(C)=O)n1. The van der Waals surface area contributed by atoms with Gasteiger partial charge < -0.3 is 0 Å². The third-order valence-corrected chi connectivity index (χ3v) is 3.17. The number of nitrogens with zero attached hydrogens (tertiary/aromatic N) is 5. The molecule has 0 amide bonds. The highest BCUT2D eigenvalue weighted by Gasteiger charge is 2.14. The molecule has 22 heavy (non-hydrogen) atoms. The minimum Gasteiger partial charge on any atom is -0.274 e. The molecular weight excluding hydrogens is 282 g/mol. The van der Waals surface area contributed by atoms with Gasteiger partial charge in [0.15, 0.2) is 11.6 Å². The minimum absolute atomic E-state index is 0.148. The van der Waals surface area contributed by atoms with Crippen molar-refractivity contribution in [3.63, 3.8) is 0 Å². The zero-order valence-electron chi connectivity index (χ0n) is 12.1. The summed E-state index contributed by atoms with van der Waals surface area (Å²) in [5.74, 6) is 0.612. The molecule has 3 aromatic heterocycles. The third kappa shape index (κ3) is 2.32. The van der Waals surface area contributed by atoms with E-state index in [4.69, 9.17) is 0 Å². The zero-order valence-corrected chi connectivity index (χ0v) is 12.1. The zero-order chi connectivity index (χ0) is 15.7. The summed E-state index contributed by atoms with van der Waals surface area (Å²) < 4.78 is 2.84. The van der Waals surface area contributed by atoms with Crippen molar-refractivity contribution in [3.8, 4) is 23.0 Å². The van der Waals surface area contributed by atoms with Crippen molar-refractivity contribution in [3.05, 3.63) is 43.0 Å². The topological polar surface area (TPSA) is 82.7 Å². The van der Waals surface area contributed by atoms with E-state index >= 15 is 0 Å². The summed E-state index contributed by atoms with van der Waals surface area (Å²) in [7, 11) is 0. The fourth-order valence-electron chi connectivity index (χ4n) is 2.18. The van der Waals surface area contributed by atoms with Crippen molar-refractivity contribution in [2.24, 2.45) is 0 Å². The summed E-state index contributed by atoms with van der Waals surface area (Å²) >= 11 is 0. The smallest absolute Gasteiger partial charge is 0.229 e. The normalized spacial score (nSPS) is 10.6. The van der Waals surface area contributed by atoms with Gasteiger partial charge in [0.1, 0.15) is 11.4 Å². The summed E-state index contributed by atoms with van der Waals surface area (Å²) in [4.78, 5) is 36.0. The van der Waals surface area contributed by atoms with Gasteiger partial charge in [0.25, 0.3) is 0 Å². The Bertz CT molecular complexity index is 795. The molecule has 0 aliphatic rings. The summed E-state index contributed by atoms with van der Waals surface area (Å²) in [5, 5.41) is 0. The fraction of sp³-hybridized carbons (Fsp3) is 0.133. The van der Waals surface area contributed by atoms with Gasteiger partial charge in [-0.25, -0.2) is 15.0 Å². The molecule has 0 radical (unpaired) electrons. The van der Waals surface area contributed by atoms with Gasteiger partial charge in [-0.05, 0) is 12.1 Å². The number of imidazole rings is 2. The Morgan fingerprint density at radius 2 is 1.32 bits per heavy atom. The Morgan fingerprint density at radius 3 is 1.73 bits per heavy atom. The van der Waals surface area contributed by atoms with Crippen LogP contribution in [0.4, 0.5) is 0 Å². The number of pyridine rings is 1. The molecule has 3 heterocycles. The van der Waals surface area contributed by atoms with Gasteiger partial charge in [-0.2, -0.15) is 0 Å². The van der Waals surface area contributed by atoms with E-state index in [1.54, 1.807) is 43.0 Å². The van der Waals surface area contributed by atoms with Crippen molar-refractivity contribution in [1.29, 1.82) is 0 Å². The van der Waals surface area contributed by atoms with E-state index in [9.17, 15) is 9.59 Å². The molecule has 3 aromatic rings. The lowest BCUT2D eigenvalue weighted by molar-refractivity contribution is 0.0929. The van der Waals surface area contributed by atoms with E-state index in [0.29, 0.717) is 23.0 Å². The van der Waals surface area contributed by atoms with Crippen molar-refractivity contribution >= 4 is 11.8 Å². The molecule has 0 aromatic carbocycles. The Kier molecular flexibility index (Phi) is 3.38. The number of aromatic nitrogens is 5. The maximum atomic E-state index is 11.6. The second kappa shape index (κ2) is 5.36. The molecule has 0 spiro atoms. The number of rotatable bonds is 2. The van der Waals surface area contributed by atoms with Crippen LogP contribution in [-0.4, -0.2) is 35.9 Å². The Balaban J connectivity index is 2.10. The molecule has 7 heteroatoms. The van der Waals surface area contributed by atoms with Crippen molar-refractivity contribution < 1.29 is 9.59 Å². The Hall–Kier alpha value is -3.09. The second-order valence-electron chi connectivity index (χ2n) is 4.69. The molecule has 0 bridgehead atoms. The number of carbonyl (C=O) groups is 2. The van der Waals surface area contributed by atoms with Gasteiger partial charge in [0.05, 0.1) is 0 Å². The number of carbonyl (C=O) groups excluding carboxylic acids is 2. The fourth-order valence-corrected chi connectivity index (χ4v) is 2.18. The molecule has 110 valence electrons. The largest absolute Gasteiger partial charge is 0.274 e. The predicted molar refractivity (Wildman–Crippen MR) is 79.3 cm³/mol. The highest BCUT2D eigenvalue weighted by molar-refractivity contribution is 5.82. The molecule has 3 rings (SSSR count). The summed E-state index contributed by atoms with van der Waals surface area (Å²) in [5.41, 5.74) is 1.08. The lowest BCUT2D eigenvalue weighted by Gasteiger charge is -2.06. The third-order valence-electron chi connectivity index (χ3n) is 3.17. The molecule has 0 saturated carbocycles. The maximum Gasteiger partial charge on any atom is 0.229 e. The van der Waals surface area contributed by atoms with Crippen LogP contribution in [0.25, 0.3) is 23.0 Å². The number of hydrogen-bond acceptors (Lipinski definition) is 5. The van der Waals surface area contributed by atoms with Crippen LogP contribution >= 0.6 is 0 Å². The molecule has 0 aliphatic carbocycles. The van der Waals surface area contributed by atoms with E-state index in [0.717, 1.165) is 0 Å². The van der Waals surface area contributed by atoms with Crippen LogP contribution in [0.15, 0.2) is 43.0 Å². The van der Waals surface area contributed by atoms with Crippen LogP contribution in [0, 0.1) is 0 Å². The second-order valence-corrected chi connectivity index (χ2v) is 4.69. The van der Waals surface area contributed by atoms with Gasteiger partial charge in [-0.15, -0.1) is 0 Å². The van der Waals surface area contributed by atoms with Gasteiger partial charge >= 0.3 is 0 Å².